The van der Waals surface area contributed by atoms with E-state index in [0.717, 1.165) is 0 Å². The van der Waals surface area contributed by atoms with Crippen LogP contribution in [0.5, 0.6) is 0 Å². The Morgan fingerprint density at radius 2 is 0.726 bits per heavy atom. The standard InChI is InChI=1S/4C9H16O5.C9H14O4.CH4.Ca.2Na/c4*1-4-6(14-3)7(9(12)13)5(2)8(10)11;1-4-6(12-3)7-5(2)8(10)13-9(7)11;;;;/h4*5-7H,4H2,1-3H3,(H,10,11)(H,12,13);5-7H,4H2,1-3H3;1H4;;;/q;;;;;;+2;2*+1/p-2. The van der Waals surface area contributed by atoms with E-state index in [1.54, 1.807) is 34.6 Å². The van der Waals surface area contributed by atoms with Gasteiger partial charge in [0.25, 0.3) is 0 Å². The topological polar surface area (TPSA) is 394 Å². The van der Waals surface area contributed by atoms with E-state index in [9.17, 15) is 58.2 Å². The minimum atomic E-state index is -1.42. The van der Waals surface area contributed by atoms with Crippen LogP contribution in [0.25, 0.3) is 0 Å². The fraction of sp³-hybridized carbons (Fsp3) is 0.783. The largest absolute Gasteiger partial charge is 2.00 e. The van der Waals surface area contributed by atoms with Crippen molar-refractivity contribution in [2.75, 3.05) is 35.5 Å². The molecule has 0 radical (unpaired) electrons. The molecule has 1 aliphatic heterocycles. The van der Waals surface area contributed by atoms with E-state index < -0.39 is 137 Å². The maximum atomic E-state index is 11.2. The van der Waals surface area contributed by atoms with Gasteiger partial charge in [0.05, 0.1) is 77.9 Å². The Bertz CT molecular complexity index is 1430. The maximum absolute atomic E-state index is 11.2. The number of hydrogen-bond acceptors (Lipinski definition) is 18. The van der Waals surface area contributed by atoms with Gasteiger partial charge in [0.1, 0.15) is 0 Å². The second-order valence-electron chi connectivity index (χ2n) is 15.9. The average molecular weight is 1100 g/mol. The Morgan fingerprint density at radius 3 is 0.863 bits per heavy atom. The number of carbonyl (C=O) groups excluding carboxylic acids is 4. The van der Waals surface area contributed by atoms with Crippen molar-refractivity contribution in [2.24, 2.45) is 59.2 Å². The fourth-order valence-corrected chi connectivity index (χ4v) is 7.29. The van der Waals surface area contributed by atoms with Crippen LogP contribution in [0.1, 0.15) is 109 Å². The summed E-state index contributed by atoms with van der Waals surface area (Å²) in [5.41, 5.74) is 0. The number of esters is 2. The summed E-state index contributed by atoms with van der Waals surface area (Å²) in [5, 5.41) is 74.1. The number of methoxy groups -OCH3 is 5. The van der Waals surface area contributed by atoms with Gasteiger partial charge in [-0.05, 0) is 32.1 Å². The Labute approximate surface area is 503 Å². The number of hydrogen-bond donors (Lipinski definition) is 6. The van der Waals surface area contributed by atoms with Crippen molar-refractivity contribution in [1.82, 2.24) is 0 Å². The van der Waals surface area contributed by atoms with Gasteiger partial charge in [-0.3, -0.25) is 38.4 Å². The number of rotatable bonds is 27. The van der Waals surface area contributed by atoms with Gasteiger partial charge in [0.2, 0.25) is 0 Å². The van der Waals surface area contributed by atoms with Crippen LogP contribution in [0.2, 0.25) is 0 Å². The molecule has 0 bridgehead atoms. The molecule has 410 valence electrons. The predicted molar refractivity (Wildman–Crippen MR) is 248 cm³/mol. The Morgan fingerprint density at radius 1 is 0.466 bits per heavy atom. The molecule has 0 aromatic heterocycles. The van der Waals surface area contributed by atoms with Crippen LogP contribution in [0.15, 0.2) is 0 Å². The molecule has 1 fully saturated rings. The van der Waals surface area contributed by atoms with Crippen molar-refractivity contribution in [3.63, 3.8) is 0 Å². The molecule has 73 heavy (non-hydrogen) atoms. The van der Waals surface area contributed by atoms with Gasteiger partial charge in [0, 0.05) is 59.3 Å². The molecule has 1 rings (SSSR count). The number of cyclic esters (lactones) is 2. The first-order chi connectivity index (χ1) is 31.9. The third kappa shape index (κ3) is 31.1. The summed E-state index contributed by atoms with van der Waals surface area (Å²) in [6.45, 7) is 16.0. The molecule has 0 saturated carbocycles. The molecule has 6 N–H and O–H groups in total. The van der Waals surface area contributed by atoms with Crippen molar-refractivity contribution in [3.8, 4) is 0 Å². The minimum Gasteiger partial charge on any atom is -0.550 e. The van der Waals surface area contributed by atoms with Crippen LogP contribution in [-0.4, -0.2) is 194 Å². The van der Waals surface area contributed by atoms with Crippen molar-refractivity contribution in [3.05, 3.63) is 0 Å². The molecule has 0 aliphatic carbocycles. The van der Waals surface area contributed by atoms with Crippen LogP contribution in [0, 0.1) is 59.2 Å². The zero-order valence-electron chi connectivity index (χ0n) is 44.9. The molecule has 1 aliphatic rings. The number of carbonyl (C=O) groups is 10. The average Bonchev–Trinajstić information content (AvgIpc) is 3.54. The van der Waals surface area contributed by atoms with Crippen LogP contribution in [0.4, 0.5) is 0 Å². The molecule has 15 atom stereocenters. The van der Waals surface area contributed by atoms with E-state index in [1.807, 2.05) is 6.92 Å². The molecule has 15 unspecified atom stereocenters. The summed E-state index contributed by atoms with van der Waals surface area (Å²) in [6.07, 6.45) is -0.000278. The van der Waals surface area contributed by atoms with Crippen molar-refractivity contribution in [2.45, 2.75) is 139 Å². The molecular weight excluding hydrogens is 1020 g/mol. The normalized spacial score (nSPS) is 18.5. The van der Waals surface area contributed by atoms with Crippen molar-refractivity contribution in [1.29, 1.82) is 0 Å². The third-order valence-electron chi connectivity index (χ3n) is 11.7. The van der Waals surface area contributed by atoms with Gasteiger partial charge in [0.15, 0.2) is 0 Å². The Kier molecular flexibility index (Phi) is 56.6. The quantitative estimate of drug-likeness (QED) is 0.0257. The second kappa shape index (κ2) is 47.2. The number of aliphatic carboxylic acids is 8. The first-order valence-corrected chi connectivity index (χ1v) is 22.1. The van der Waals surface area contributed by atoms with Crippen LogP contribution >= 0.6 is 0 Å². The van der Waals surface area contributed by atoms with E-state index in [-0.39, 0.29) is 116 Å². The SMILES string of the molecule is C.CCC(OC)C(C(=O)O)C(C)C(=O)O.CCC(OC)C(C(=O)O)C(C)C(=O)O.CCC(OC)C(C(=O)O)C(C)C(=O)O.CCC(OC)C(C(=O)[O-])C(C)C(=O)[O-].CCC(OC)C1C(=O)OC(=O)C1C.[Ca+2].[Na+].[Na+]. The molecular formula is C46H80CaNa2O24+2. The molecule has 0 amide bonds. The van der Waals surface area contributed by atoms with Gasteiger partial charge in [-0.2, -0.15) is 0 Å². The van der Waals surface area contributed by atoms with Gasteiger partial charge >= 0.3 is 145 Å². The predicted octanol–water partition coefficient (Wildman–Crippen LogP) is -4.33. The van der Waals surface area contributed by atoms with E-state index in [1.165, 1.54) is 63.2 Å². The van der Waals surface area contributed by atoms with E-state index in [4.69, 9.17) is 54.3 Å². The van der Waals surface area contributed by atoms with Gasteiger partial charge < -0.3 is 78.9 Å². The zero-order chi connectivity index (χ0) is 55.2. The second-order valence-corrected chi connectivity index (χ2v) is 15.9. The van der Waals surface area contributed by atoms with Crippen LogP contribution in [-0.2, 0) is 76.4 Å². The molecule has 0 spiro atoms. The van der Waals surface area contributed by atoms with Gasteiger partial charge in [-0.15, -0.1) is 0 Å². The summed E-state index contributed by atoms with van der Waals surface area (Å²) >= 11 is 0. The first kappa shape index (κ1) is 87.6. The molecule has 1 saturated heterocycles. The molecule has 24 nitrogen and oxygen atoms in total. The summed E-state index contributed by atoms with van der Waals surface area (Å²) in [5.74, 6) is -19.4. The summed E-state index contributed by atoms with van der Waals surface area (Å²) < 4.78 is 29.4. The molecule has 27 heteroatoms. The van der Waals surface area contributed by atoms with Crippen LogP contribution in [0.3, 0.4) is 0 Å². The molecule has 1 heterocycles. The Balaban J connectivity index is -0.000000119. The van der Waals surface area contributed by atoms with E-state index in [2.05, 4.69) is 4.74 Å². The molecule has 0 aromatic carbocycles. The number of carboxylic acids is 8. The van der Waals surface area contributed by atoms with E-state index >= 15 is 0 Å². The minimum absolute atomic E-state index is 0. The molecule has 0 aromatic rings. The fourth-order valence-electron chi connectivity index (χ4n) is 7.29. The number of carboxylic acid groups (broad SMARTS) is 8. The van der Waals surface area contributed by atoms with Gasteiger partial charge in [-0.1, -0.05) is 76.7 Å². The summed E-state index contributed by atoms with van der Waals surface area (Å²) in [7, 11) is 7.04. The summed E-state index contributed by atoms with van der Waals surface area (Å²) in [4.78, 5) is 108. The van der Waals surface area contributed by atoms with Crippen molar-refractivity contribution < 1.29 is 176 Å². The zero-order valence-corrected chi connectivity index (χ0v) is 51.1. The maximum Gasteiger partial charge on any atom is 2.00 e. The summed E-state index contributed by atoms with van der Waals surface area (Å²) in [6, 6.07) is 0. The number of ether oxygens (including phenoxy) is 6. The van der Waals surface area contributed by atoms with Crippen LogP contribution < -0.4 is 69.3 Å². The van der Waals surface area contributed by atoms with Crippen molar-refractivity contribution >= 4 is 97.4 Å². The smallest absolute Gasteiger partial charge is 0.550 e. The third-order valence-corrected chi connectivity index (χ3v) is 11.7. The monoisotopic (exact) mass is 1100 g/mol. The Hall–Kier alpha value is -2.04. The first-order valence-electron chi connectivity index (χ1n) is 22.1. The van der Waals surface area contributed by atoms with Gasteiger partial charge in [-0.25, -0.2) is 0 Å². The van der Waals surface area contributed by atoms with E-state index in [0.29, 0.717) is 32.1 Å².